The number of imidazole rings is 1. The molecule has 92 valence electrons. The lowest BCUT2D eigenvalue weighted by atomic mass is 10.1. The highest BCUT2D eigenvalue weighted by Crippen LogP contribution is 2.30. The van der Waals surface area contributed by atoms with Crippen LogP contribution in [-0.4, -0.2) is 21.9 Å². The van der Waals surface area contributed by atoms with Gasteiger partial charge in [-0.15, -0.1) is 0 Å². The number of fused-ring (bicyclic) bond motifs is 1. The number of aromatic nitrogens is 2. The van der Waals surface area contributed by atoms with E-state index in [4.69, 9.17) is 4.74 Å². The number of hydrogen-bond donors (Lipinski definition) is 0. The molecule has 2 aromatic rings. The van der Waals surface area contributed by atoms with Crippen LogP contribution < -0.4 is 4.74 Å². The van der Waals surface area contributed by atoms with Gasteiger partial charge in [0.15, 0.2) is 12.1 Å². The lowest BCUT2D eigenvalue weighted by Gasteiger charge is -2.11. The third kappa shape index (κ3) is 1.90. The molecule has 0 fully saturated rings. The van der Waals surface area contributed by atoms with Gasteiger partial charge >= 0.3 is 0 Å². The number of ether oxygens (including phenoxy) is 1. The van der Waals surface area contributed by atoms with Gasteiger partial charge in [0.05, 0.1) is 6.54 Å². The zero-order chi connectivity index (χ0) is 12.5. The number of aldehydes is 1. The molecular weight excluding hydrogens is 228 g/mol. The summed E-state index contributed by atoms with van der Waals surface area (Å²) in [5, 5.41) is 0. The number of carbonyl (C=O) groups is 1. The van der Waals surface area contributed by atoms with Crippen molar-refractivity contribution < 1.29 is 9.53 Å². The number of hydrogen-bond acceptors (Lipinski definition) is 3. The Morgan fingerprint density at radius 3 is 3.28 bits per heavy atom. The van der Waals surface area contributed by atoms with Crippen LogP contribution in [0.5, 0.6) is 5.75 Å². The molecular formula is C14H14N2O2. The van der Waals surface area contributed by atoms with Crippen LogP contribution in [-0.2, 0) is 13.0 Å². The highest BCUT2D eigenvalue weighted by molar-refractivity contribution is 5.69. The monoisotopic (exact) mass is 242 g/mol. The maximum absolute atomic E-state index is 10.8. The van der Waals surface area contributed by atoms with E-state index in [1.165, 1.54) is 11.1 Å². The minimum Gasteiger partial charge on any atom is -0.488 e. The van der Waals surface area contributed by atoms with Crippen molar-refractivity contribution in [2.24, 2.45) is 0 Å². The van der Waals surface area contributed by atoms with Gasteiger partial charge in [0.1, 0.15) is 11.9 Å². The summed E-state index contributed by atoms with van der Waals surface area (Å²) < 4.78 is 7.70. The lowest BCUT2D eigenvalue weighted by Crippen LogP contribution is -2.21. The number of carbonyl (C=O) groups excluding carboxylic acids is 1. The SMILES string of the molecule is Cc1ccc2c(c1)CC(Cn1ccnc1C=O)O2. The van der Waals surface area contributed by atoms with Crippen LogP contribution in [0.4, 0.5) is 0 Å². The van der Waals surface area contributed by atoms with E-state index in [9.17, 15) is 4.79 Å². The quantitative estimate of drug-likeness (QED) is 0.773. The first-order chi connectivity index (χ1) is 8.76. The molecule has 18 heavy (non-hydrogen) atoms. The summed E-state index contributed by atoms with van der Waals surface area (Å²) in [5.74, 6) is 1.41. The van der Waals surface area contributed by atoms with Gasteiger partial charge in [0.2, 0.25) is 0 Å². The van der Waals surface area contributed by atoms with E-state index >= 15 is 0 Å². The van der Waals surface area contributed by atoms with Crippen molar-refractivity contribution in [2.45, 2.75) is 26.0 Å². The summed E-state index contributed by atoms with van der Waals surface area (Å²) >= 11 is 0. The Morgan fingerprint density at radius 2 is 2.44 bits per heavy atom. The molecule has 0 saturated heterocycles. The van der Waals surface area contributed by atoms with Gasteiger partial charge in [-0.2, -0.15) is 0 Å². The predicted octanol–water partition coefficient (Wildman–Crippen LogP) is 2.01. The van der Waals surface area contributed by atoms with Gasteiger partial charge in [0, 0.05) is 18.8 Å². The van der Waals surface area contributed by atoms with Crippen molar-refractivity contribution in [1.82, 2.24) is 9.55 Å². The minimum atomic E-state index is 0.0784. The smallest absolute Gasteiger partial charge is 0.185 e. The maximum Gasteiger partial charge on any atom is 0.185 e. The van der Waals surface area contributed by atoms with Crippen molar-refractivity contribution in [3.05, 3.63) is 47.5 Å². The van der Waals surface area contributed by atoms with Crippen LogP contribution in [0.25, 0.3) is 0 Å². The highest BCUT2D eigenvalue weighted by atomic mass is 16.5. The standard InChI is InChI=1S/C14H14N2O2/c1-10-2-3-13-11(6-10)7-12(18-13)8-16-5-4-15-14(16)9-17/h2-6,9,12H,7-8H2,1H3. The molecule has 0 saturated carbocycles. The third-order valence-electron chi connectivity index (χ3n) is 3.21. The third-order valence-corrected chi connectivity index (χ3v) is 3.21. The predicted molar refractivity (Wildman–Crippen MR) is 66.9 cm³/mol. The van der Waals surface area contributed by atoms with Gasteiger partial charge in [-0.3, -0.25) is 4.79 Å². The van der Waals surface area contributed by atoms with Crippen LogP contribution >= 0.6 is 0 Å². The number of rotatable bonds is 3. The van der Waals surface area contributed by atoms with Gasteiger partial charge in [0.25, 0.3) is 0 Å². The fraction of sp³-hybridized carbons (Fsp3) is 0.286. The second-order valence-electron chi connectivity index (χ2n) is 4.61. The average molecular weight is 242 g/mol. The molecule has 0 aliphatic carbocycles. The molecule has 4 nitrogen and oxygen atoms in total. The van der Waals surface area contributed by atoms with Gasteiger partial charge in [-0.05, 0) is 18.6 Å². The summed E-state index contributed by atoms with van der Waals surface area (Å²) in [6, 6.07) is 6.22. The van der Waals surface area contributed by atoms with Crippen molar-refractivity contribution >= 4 is 6.29 Å². The fourth-order valence-electron chi connectivity index (χ4n) is 2.36. The van der Waals surface area contributed by atoms with E-state index in [1.807, 2.05) is 10.6 Å². The average Bonchev–Trinajstić information content (AvgIpc) is 2.94. The topological polar surface area (TPSA) is 44.1 Å². The Labute approximate surface area is 105 Å². The van der Waals surface area contributed by atoms with Crippen LogP contribution in [0, 0.1) is 6.92 Å². The summed E-state index contributed by atoms with van der Waals surface area (Å²) in [5.41, 5.74) is 2.49. The van der Waals surface area contributed by atoms with Crippen molar-refractivity contribution in [2.75, 3.05) is 0 Å². The van der Waals surface area contributed by atoms with E-state index in [-0.39, 0.29) is 6.10 Å². The molecule has 0 amide bonds. The molecule has 2 heterocycles. The fourth-order valence-corrected chi connectivity index (χ4v) is 2.36. The molecule has 1 aromatic heterocycles. The van der Waals surface area contributed by atoms with Gasteiger partial charge in [-0.1, -0.05) is 17.7 Å². The molecule has 1 aliphatic rings. The first-order valence-corrected chi connectivity index (χ1v) is 5.99. The van der Waals surface area contributed by atoms with Crippen LogP contribution in [0.3, 0.4) is 0 Å². The van der Waals surface area contributed by atoms with Crippen molar-refractivity contribution in [3.8, 4) is 5.75 Å². The van der Waals surface area contributed by atoms with E-state index < -0.39 is 0 Å². The summed E-state index contributed by atoms with van der Waals surface area (Å²) in [4.78, 5) is 14.8. The lowest BCUT2D eigenvalue weighted by molar-refractivity contribution is 0.110. The Kier molecular flexibility index (Phi) is 2.63. The number of nitrogens with zero attached hydrogens (tertiary/aromatic N) is 2. The first-order valence-electron chi connectivity index (χ1n) is 5.99. The van der Waals surface area contributed by atoms with Gasteiger partial charge < -0.3 is 9.30 Å². The Morgan fingerprint density at radius 1 is 1.56 bits per heavy atom. The zero-order valence-corrected chi connectivity index (χ0v) is 10.2. The molecule has 1 atom stereocenters. The maximum atomic E-state index is 10.8. The molecule has 4 heteroatoms. The van der Waals surface area contributed by atoms with Crippen LogP contribution in [0.1, 0.15) is 21.7 Å². The first kappa shape index (κ1) is 11.0. The summed E-state index contributed by atoms with van der Waals surface area (Å²) in [7, 11) is 0. The number of aryl methyl sites for hydroxylation is 1. The largest absolute Gasteiger partial charge is 0.488 e. The molecule has 1 aromatic carbocycles. The van der Waals surface area contributed by atoms with Crippen LogP contribution in [0.15, 0.2) is 30.6 Å². The summed E-state index contributed by atoms with van der Waals surface area (Å²) in [6.45, 7) is 2.73. The molecule has 0 radical (unpaired) electrons. The Bertz CT molecular complexity index is 589. The van der Waals surface area contributed by atoms with E-state index in [2.05, 4.69) is 24.0 Å². The Hall–Kier alpha value is -2.10. The molecule has 1 unspecified atom stereocenters. The Balaban J connectivity index is 1.76. The highest BCUT2D eigenvalue weighted by Gasteiger charge is 2.23. The minimum absolute atomic E-state index is 0.0784. The van der Waals surface area contributed by atoms with Crippen molar-refractivity contribution in [1.29, 1.82) is 0 Å². The van der Waals surface area contributed by atoms with Crippen molar-refractivity contribution in [3.63, 3.8) is 0 Å². The van der Waals surface area contributed by atoms with E-state index in [0.717, 1.165) is 18.5 Å². The molecule has 0 bridgehead atoms. The van der Waals surface area contributed by atoms with Crippen LogP contribution in [0.2, 0.25) is 0 Å². The molecule has 0 N–H and O–H groups in total. The second kappa shape index (κ2) is 4.29. The van der Waals surface area contributed by atoms with E-state index in [1.54, 1.807) is 12.4 Å². The zero-order valence-electron chi connectivity index (χ0n) is 10.2. The molecule has 3 rings (SSSR count). The summed E-state index contributed by atoms with van der Waals surface area (Å²) in [6.07, 6.45) is 5.17. The second-order valence-corrected chi connectivity index (χ2v) is 4.61. The number of benzene rings is 1. The normalized spacial score (nSPS) is 17.3. The molecule has 1 aliphatic heterocycles. The molecule has 0 spiro atoms. The van der Waals surface area contributed by atoms with Gasteiger partial charge in [-0.25, -0.2) is 4.98 Å². The van der Waals surface area contributed by atoms with E-state index in [0.29, 0.717) is 12.4 Å².